The second kappa shape index (κ2) is 8.59. The molecule has 3 aromatic heterocycles. The van der Waals surface area contributed by atoms with Gasteiger partial charge in [0.2, 0.25) is 0 Å². The molecule has 1 aliphatic rings. The molecule has 4 heterocycles. The highest BCUT2D eigenvalue weighted by atomic mass is 16.2. The first kappa shape index (κ1) is 21.0. The Kier molecular flexibility index (Phi) is 5.47. The third-order valence-corrected chi connectivity index (χ3v) is 5.92. The molecule has 0 radical (unpaired) electrons. The van der Waals surface area contributed by atoms with Gasteiger partial charge in [-0.1, -0.05) is 30.3 Å². The SMILES string of the molecule is Cc1cn2cc(NC(=O)c3cnc(N4CC[C@@H](CN)C4)c(-c4ccccc4)n3)nc(C)c2n1. The molecule has 9 nitrogen and oxygen atoms in total. The molecule has 168 valence electrons. The second-order valence-corrected chi connectivity index (χ2v) is 8.41. The van der Waals surface area contributed by atoms with E-state index in [0.717, 1.165) is 47.9 Å². The Morgan fingerprint density at radius 2 is 1.97 bits per heavy atom. The number of nitrogens with zero attached hydrogens (tertiary/aromatic N) is 6. The molecule has 1 amide bonds. The lowest BCUT2D eigenvalue weighted by molar-refractivity contribution is 0.102. The number of aromatic nitrogens is 5. The van der Waals surface area contributed by atoms with Crippen molar-refractivity contribution in [2.24, 2.45) is 11.7 Å². The molecule has 1 atom stereocenters. The van der Waals surface area contributed by atoms with E-state index in [4.69, 9.17) is 10.7 Å². The molecule has 0 spiro atoms. The molecule has 4 aromatic rings. The van der Waals surface area contributed by atoms with Crippen molar-refractivity contribution in [2.45, 2.75) is 20.3 Å². The Balaban J connectivity index is 1.47. The Morgan fingerprint density at radius 3 is 2.73 bits per heavy atom. The van der Waals surface area contributed by atoms with Gasteiger partial charge in [-0.15, -0.1) is 0 Å². The van der Waals surface area contributed by atoms with Gasteiger partial charge in [0.1, 0.15) is 17.2 Å². The first-order valence-corrected chi connectivity index (χ1v) is 11.0. The van der Waals surface area contributed by atoms with Gasteiger partial charge in [-0.05, 0) is 32.7 Å². The number of fused-ring (bicyclic) bond motifs is 1. The third kappa shape index (κ3) is 4.14. The van der Waals surface area contributed by atoms with E-state index >= 15 is 0 Å². The Morgan fingerprint density at radius 1 is 1.15 bits per heavy atom. The maximum atomic E-state index is 13.1. The number of hydrogen-bond acceptors (Lipinski definition) is 7. The van der Waals surface area contributed by atoms with Gasteiger partial charge in [0.05, 0.1) is 23.8 Å². The summed E-state index contributed by atoms with van der Waals surface area (Å²) in [6.45, 7) is 6.14. The highest BCUT2D eigenvalue weighted by molar-refractivity contribution is 6.02. The molecule has 33 heavy (non-hydrogen) atoms. The fourth-order valence-corrected chi connectivity index (χ4v) is 4.24. The van der Waals surface area contributed by atoms with E-state index in [1.807, 2.05) is 54.8 Å². The summed E-state index contributed by atoms with van der Waals surface area (Å²) in [5, 5.41) is 2.85. The average molecular weight is 443 g/mol. The zero-order valence-electron chi connectivity index (χ0n) is 18.7. The fourth-order valence-electron chi connectivity index (χ4n) is 4.24. The van der Waals surface area contributed by atoms with Crippen LogP contribution in [0.4, 0.5) is 11.6 Å². The van der Waals surface area contributed by atoms with Crippen molar-refractivity contribution in [2.75, 3.05) is 29.9 Å². The van der Waals surface area contributed by atoms with Crippen LogP contribution in [0.3, 0.4) is 0 Å². The second-order valence-electron chi connectivity index (χ2n) is 8.41. The zero-order chi connectivity index (χ0) is 22.9. The molecule has 1 aromatic carbocycles. The predicted octanol–water partition coefficient (Wildman–Crippen LogP) is 2.84. The largest absolute Gasteiger partial charge is 0.354 e. The van der Waals surface area contributed by atoms with Crippen LogP contribution in [-0.4, -0.2) is 49.9 Å². The van der Waals surface area contributed by atoms with Crippen molar-refractivity contribution < 1.29 is 4.79 Å². The quantitative estimate of drug-likeness (QED) is 0.488. The normalized spacial score (nSPS) is 15.8. The van der Waals surface area contributed by atoms with Gasteiger partial charge in [-0.25, -0.2) is 19.9 Å². The van der Waals surface area contributed by atoms with E-state index in [0.29, 0.717) is 24.0 Å². The minimum Gasteiger partial charge on any atom is -0.354 e. The number of carbonyl (C=O) groups excluding carboxylic acids is 1. The minimum absolute atomic E-state index is 0.230. The van der Waals surface area contributed by atoms with Crippen molar-refractivity contribution >= 4 is 23.2 Å². The summed E-state index contributed by atoms with van der Waals surface area (Å²) in [5.41, 5.74) is 10.1. The summed E-state index contributed by atoms with van der Waals surface area (Å²) < 4.78 is 1.86. The van der Waals surface area contributed by atoms with Gasteiger partial charge in [-0.2, -0.15) is 0 Å². The standard InChI is InChI=1S/C24H26N8O/c1-15-12-32-14-20(28-16(2)22(32)27-15)30-24(33)19-11-26-23(31-9-8-17(10-25)13-31)21(29-19)18-6-4-3-5-7-18/h3-7,11-12,14,17H,8-10,13,25H2,1-2H3,(H,30,33)/t17-/m0/s1. The van der Waals surface area contributed by atoms with Crippen LogP contribution in [0.2, 0.25) is 0 Å². The van der Waals surface area contributed by atoms with Crippen LogP contribution in [-0.2, 0) is 0 Å². The number of anilines is 2. The molecular formula is C24H26N8O. The lowest BCUT2D eigenvalue weighted by Gasteiger charge is -2.20. The maximum absolute atomic E-state index is 13.1. The van der Waals surface area contributed by atoms with Crippen LogP contribution in [0.25, 0.3) is 16.9 Å². The summed E-state index contributed by atoms with van der Waals surface area (Å²) in [7, 11) is 0. The van der Waals surface area contributed by atoms with Gasteiger partial charge < -0.3 is 20.4 Å². The number of nitrogens with two attached hydrogens (primary N) is 1. The number of amides is 1. The predicted molar refractivity (Wildman–Crippen MR) is 127 cm³/mol. The number of rotatable bonds is 5. The average Bonchev–Trinajstić information content (AvgIpc) is 3.45. The van der Waals surface area contributed by atoms with Gasteiger partial charge in [-0.3, -0.25) is 4.79 Å². The highest BCUT2D eigenvalue weighted by Gasteiger charge is 2.26. The first-order valence-electron chi connectivity index (χ1n) is 11.0. The van der Waals surface area contributed by atoms with E-state index in [1.165, 1.54) is 6.20 Å². The summed E-state index contributed by atoms with van der Waals surface area (Å²) in [5.74, 6) is 1.28. The summed E-state index contributed by atoms with van der Waals surface area (Å²) in [6, 6.07) is 9.82. The minimum atomic E-state index is -0.365. The maximum Gasteiger partial charge on any atom is 0.277 e. The molecule has 0 unspecified atom stereocenters. The van der Waals surface area contributed by atoms with Crippen LogP contribution in [0, 0.1) is 19.8 Å². The smallest absolute Gasteiger partial charge is 0.277 e. The number of hydrogen-bond donors (Lipinski definition) is 2. The summed E-state index contributed by atoms with van der Waals surface area (Å²) in [6.07, 6.45) is 6.19. The lowest BCUT2D eigenvalue weighted by Crippen LogP contribution is -2.25. The van der Waals surface area contributed by atoms with Gasteiger partial charge >= 0.3 is 0 Å². The molecule has 1 aliphatic heterocycles. The van der Waals surface area contributed by atoms with Gasteiger partial charge in [0, 0.05) is 24.8 Å². The number of imidazole rings is 1. The van der Waals surface area contributed by atoms with E-state index < -0.39 is 0 Å². The van der Waals surface area contributed by atoms with E-state index in [-0.39, 0.29) is 11.6 Å². The Hall–Kier alpha value is -3.85. The molecule has 0 bridgehead atoms. The number of carbonyl (C=O) groups is 1. The van der Waals surface area contributed by atoms with Crippen LogP contribution in [0.5, 0.6) is 0 Å². The highest BCUT2D eigenvalue weighted by Crippen LogP contribution is 2.31. The van der Waals surface area contributed by atoms with Gasteiger partial charge in [0.15, 0.2) is 11.5 Å². The third-order valence-electron chi connectivity index (χ3n) is 5.92. The lowest BCUT2D eigenvalue weighted by atomic mass is 10.1. The van der Waals surface area contributed by atoms with Crippen LogP contribution < -0.4 is 16.0 Å². The molecule has 0 saturated carbocycles. The van der Waals surface area contributed by atoms with Crippen molar-refractivity contribution in [3.05, 3.63) is 66.0 Å². The van der Waals surface area contributed by atoms with Gasteiger partial charge in [0.25, 0.3) is 5.91 Å². The molecular weight excluding hydrogens is 416 g/mol. The molecule has 5 rings (SSSR count). The molecule has 3 N–H and O–H groups in total. The summed E-state index contributed by atoms with van der Waals surface area (Å²) in [4.78, 5) is 33.6. The van der Waals surface area contributed by atoms with E-state index in [1.54, 1.807) is 6.20 Å². The van der Waals surface area contributed by atoms with Crippen molar-refractivity contribution in [1.29, 1.82) is 0 Å². The molecule has 1 saturated heterocycles. The van der Waals surface area contributed by atoms with Crippen LogP contribution in [0.1, 0.15) is 28.3 Å². The van der Waals surface area contributed by atoms with Crippen molar-refractivity contribution in [1.82, 2.24) is 24.3 Å². The number of nitrogens with one attached hydrogen (secondary N) is 1. The number of aryl methyl sites for hydroxylation is 2. The molecule has 1 fully saturated rings. The van der Waals surface area contributed by atoms with Crippen LogP contribution in [0.15, 0.2) is 48.9 Å². The Labute approximate surface area is 191 Å². The molecule has 9 heteroatoms. The Bertz CT molecular complexity index is 1320. The molecule has 0 aliphatic carbocycles. The van der Waals surface area contributed by atoms with Crippen LogP contribution >= 0.6 is 0 Å². The topological polar surface area (TPSA) is 114 Å². The number of benzene rings is 1. The zero-order valence-corrected chi connectivity index (χ0v) is 18.7. The van der Waals surface area contributed by atoms with Crippen molar-refractivity contribution in [3.8, 4) is 11.3 Å². The first-order chi connectivity index (χ1) is 16.0. The van der Waals surface area contributed by atoms with E-state index in [2.05, 4.69) is 25.2 Å². The fraction of sp³-hybridized carbons (Fsp3) is 0.292. The van der Waals surface area contributed by atoms with Crippen molar-refractivity contribution in [3.63, 3.8) is 0 Å². The summed E-state index contributed by atoms with van der Waals surface area (Å²) >= 11 is 0. The monoisotopic (exact) mass is 442 g/mol. The van der Waals surface area contributed by atoms with E-state index in [9.17, 15) is 4.79 Å².